The van der Waals surface area contributed by atoms with Crippen molar-refractivity contribution in [2.75, 3.05) is 56.2 Å². The summed E-state index contributed by atoms with van der Waals surface area (Å²) < 4.78 is 11.5. The molecule has 0 radical (unpaired) electrons. The fourth-order valence-corrected chi connectivity index (χ4v) is 3.94. The van der Waals surface area contributed by atoms with Gasteiger partial charge >= 0.3 is 0 Å². The summed E-state index contributed by atoms with van der Waals surface area (Å²) in [6.45, 7) is 10.00. The third-order valence-electron chi connectivity index (χ3n) is 5.62. The van der Waals surface area contributed by atoms with Crippen LogP contribution in [0.25, 0.3) is 6.08 Å². The number of carbonyl (C=O) groups excluding carboxylic acids is 1. The topological polar surface area (TPSA) is 54.0 Å². The third-order valence-corrected chi connectivity index (χ3v) is 5.62. The SMILES string of the molecule is CCOc1cccc2c1OCC(C(=O)Nc1ccccc1N1CCN(CC)CC1)=C2. The second kappa shape index (κ2) is 9.22. The molecule has 158 valence electrons. The number of para-hydroxylation sites is 3. The van der Waals surface area contributed by atoms with Gasteiger partial charge in [-0.05, 0) is 37.7 Å². The Labute approximate surface area is 178 Å². The first-order chi connectivity index (χ1) is 14.7. The number of amides is 1. The smallest absolute Gasteiger partial charge is 0.255 e. The van der Waals surface area contributed by atoms with Crippen molar-refractivity contribution in [3.63, 3.8) is 0 Å². The molecule has 0 spiro atoms. The Morgan fingerprint density at radius 2 is 1.87 bits per heavy atom. The zero-order valence-corrected chi connectivity index (χ0v) is 17.7. The Balaban J connectivity index is 1.51. The van der Waals surface area contributed by atoms with Gasteiger partial charge in [-0.15, -0.1) is 0 Å². The van der Waals surface area contributed by atoms with Gasteiger partial charge < -0.3 is 24.6 Å². The number of carbonyl (C=O) groups is 1. The van der Waals surface area contributed by atoms with Crippen molar-refractivity contribution in [2.24, 2.45) is 0 Å². The molecule has 2 heterocycles. The Hall–Kier alpha value is -2.99. The molecule has 0 saturated carbocycles. The maximum Gasteiger partial charge on any atom is 0.255 e. The summed E-state index contributed by atoms with van der Waals surface area (Å²) in [5, 5.41) is 3.10. The van der Waals surface area contributed by atoms with Gasteiger partial charge in [0.15, 0.2) is 11.5 Å². The highest BCUT2D eigenvalue weighted by molar-refractivity contribution is 6.09. The maximum absolute atomic E-state index is 13.0. The van der Waals surface area contributed by atoms with Crippen LogP contribution >= 0.6 is 0 Å². The van der Waals surface area contributed by atoms with Gasteiger partial charge in [0.25, 0.3) is 5.91 Å². The van der Waals surface area contributed by atoms with Crippen LogP contribution in [0.4, 0.5) is 11.4 Å². The van der Waals surface area contributed by atoms with E-state index in [9.17, 15) is 4.79 Å². The van der Waals surface area contributed by atoms with Crippen molar-refractivity contribution in [3.8, 4) is 11.5 Å². The van der Waals surface area contributed by atoms with Gasteiger partial charge in [-0.1, -0.05) is 31.2 Å². The minimum atomic E-state index is -0.137. The molecular formula is C24H29N3O3. The van der Waals surface area contributed by atoms with Crippen molar-refractivity contribution in [2.45, 2.75) is 13.8 Å². The molecule has 0 unspecified atom stereocenters. The summed E-state index contributed by atoms with van der Waals surface area (Å²) in [5.74, 6) is 1.27. The van der Waals surface area contributed by atoms with Gasteiger partial charge in [0.1, 0.15) is 6.61 Å². The average molecular weight is 408 g/mol. The number of piperazine rings is 1. The highest BCUT2D eigenvalue weighted by Gasteiger charge is 2.22. The highest BCUT2D eigenvalue weighted by atomic mass is 16.5. The molecule has 6 nitrogen and oxygen atoms in total. The van der Waals surface area contributed by atoms with Crippen LogP contribution in [-0.2, 0) is 4.79 Å². The molecular weight excluding hydrogens is 378 g/mol. The molecule has 1 saturated heterocycles. The molecule has 0 aliphatic carbocycles. The van der Waals surface area contributed by atoms with Crippen LogP contribution in [0.2, 0.25) is 0 Å². The molecule has 2 aromatic carbocycles. The van der Waals surface area contributed by atoms with Gasteiger partial charge in [-0.2, -0.15) is 0 Å². The fourth-order valence-electron chi connectivity index (χ4n) is 3.94. The Morgan fingerprint density at radius 1 is 1.07 bits per heavy atom. The first-order valence-corrected chi connectivity index (χ1v) is 10.7. The summed E-state index contributed by atoms with van der Waals surface area (Å²) in [7, 11) is 0. The monoisotopic (exact) mass is 407 g/mol. The highest BCUT2D eigenvalue weighted by Crippen LogP contribution is 2.36. The molecule has 0 atom stereocenters. The predicted octanol–water partition coefficient (Wildman–Crippen LogP) is 3.64. The standard InChI is InChI=1S/C24H29N3O3/c1-3-26-12-14-27(15-13-26)21-10-6-5-9-20(21)25-24(28)19-16-18-8-7-11-22(29-4-2)23(18)30-17-19/h5-11,16H,3-4,12-15,17H2,1-2H3,(H,25,28). The van der Waals surface area contributed by atoms with Gasteiger partial charge in [0.2, 0.25) is 0 Å². The zero-order valence-electron chi connectivity index (χ0n) is 17.7. The lowest BCUT2D eigenvalue weighted by Gasteiger charge is -2.36. The van der Waals surface area contributed by atoms with Gasteiger partial charge in [0.05, 0.1) is 23.6 Å². The van der Waals surface area contributed by atoms with Crippen LogP contribution in [0.1, 0.15) is 19.4 Å². The number of benzene rings is 2. The first-order valence-electron chi connectivity index (χ1n) is 10.7. The molecule has 2 aliphatic rings. The summed E-state index contributed by atoms with van der Waals surface area (Å²) in [6.07, 6.45) is 1.89. The van der Waals surface area contributed by atoms with Crippen LogP contribution in [0.15, 0.2) is 48.0 Å². The number of ether oxygens (including phenoxy) is 2. The van der Waals surface area contributed by atoms with Gasteiger partial charge in [0, 0.05) is 31.7 Å². The number of rotatable bonds is 6. The number of nitrogens with zero attached hydrogens (tertiary/aromatic N) is 2. The van der Waals surface area contributed by atoms with Crippen molar-refractivity contribution in [1.82, 2.24) is 4.90 Å². The Kier molecular flexibility index (Phi) is 6.23. The summed E-state index contributed by atoms with van der Waals surface area (Å²) in [5.41, 5.74) is 3.36. The van der Waals surface area contributed by atoms with Crippen LogP contribution in [0, 0.1) is 0 Å². The van der Waals surface area contributed by atoms with Gasteiger partial charge in [-0.3, -0.25) is 4.79 Å². The van der Waals surface area contributed by atoms with Gasteiger partial charge in [-0.25, -0.2) is 0 Å². The lowest BCUT2D eigenvalue weighted by Crippen LogP contribution is -2.46. The summed E-state index contributed by atoms with van der Waals surface area (Å²) in [4.78, 5) is 17.8. The predicted molar refractivity (Wildman–Crippen MR) is 120 cm³/mol. The second-order valence-corrected chi connectivity index (χ2v) is 7.46. The van der Waals surface area contributed by atoms with Crippen molar-refractivity contribution < 1.29 is 14.3 Å². The minimum Gasteiger partial charge on any atom is -0.490 e. The molecule has 1 fully saturated rings. The number of fused-ring (bicyclic) bond motifs is 1. The minimum absolute atomic E-state index is 0.137. The number of hydrogen-bond acceptors (Lipinski definition) is 5. The molecule has 2 aromatic rings. The van der Waals surface area contributed by atoms with Crippen LogP contribution in [-0.4, -0.2) is 56.7 Å². The Morgan fingerprint density at radius 3 is 2.63 bits per heavy atom. The van der Waals surface area contributed by atoms with E-state index < -0.39 is 0 Å². The first kappa shape index (κ1) is 20.3. The molecule has 4 rings (SSSR count). The molecule has 6 heteroatoms. The Bertz CT molecular complexity index is 933. The summed E-state index contributed by atoms with van der Waals surface area (Å²) >= 11 is 0. The van der Waals surface area contributed by atoms with E-state index in [4.69, 9.17) is 9.47 Å². The number of likely N-dealkylation sites (N-methyl/N-ethyl adjacent to an activating group) is 1. The molecule has 2 aliphatic heterocycles. The lowest BCUT2D eigenvalue weighted by atomic mass is 10.1. The quantitative estimate of drug-likeness (QED) is 0.792. The molecule has 1 N–H and O–H groups in total. The number of anilines is 2. The van der Waals surface area contributed by atoms with E-state index in [1.165, 1.54) is 0 Å². The fraction of sp³-hybridized carbons (Fsp3) is 0.375. The summed E-state index contributed by atoms with van der Waals surface area (Å²) in [6, 6.07) is 13.7. The largest absolute Gasteiger partial charge is 0.490 e. The zero-order chi connectivity index (χ0) is 20.9. The van der Waals surface area contributed by atoms with Crippen LogP contribution < -0.4 is 19.7 Å². The van der Waals surface area contributed by atoms with E-state index in [2.05, 4.69) is 28.1 Å². The molecule has 30 heavy (non-hydrogen) atoms. The van der Waals surface area contributed by atoms with Crippen LogP contribution in [0.5, 0.6) is 11.5 Å². The van der Waals surface area contributed by atoms with Crippen molar-refractivity contribution in [3.05, 3.63) is 53.6 Å². The second-order valence-electron chi connectivity index (χ2n) is 7.46. The molecule has 0 aromatic heterocycles. The van der Waals surface area contributed by atoms with E-state index in [1.807, 2.05) is 49.4 Å². The number of nitrogens with one attached hydrogen (secondary N) is 1. The molecule has 1 amide bonds. The van der Waals surface area contributed by atoms with E-state index in [-0.39, 0.29) is 12.5 Å². The number of hydrogen-bond donors (Lipinski definition) is 1. The van der Waals surface area contributed by atoms with Crippen LogP contribution in [0.3, 0.4) is 0 Å². The van der Waals surface area contributed by atoms with Crippen molar-refractivity contribution in [1.29, 1.82) is 0 Å². The third kappa shape index (κ3) is 4.28. The van der Waals surface area contributed by atoms with E-state index in [1.54, 1.807) is 0 Å². The van der Waals surface area contributed by atoms with E-state index in [0.717, 1.165) is 49.7 Å². The maximum atomic E-state index is 13.0. The molecule has 0 bridgehead atoms. The normalized spacial score (nSPS) is 16.3. The van der Waals surface area contributed by atoms with E-state index >= 15 is 0 Å². The average Bonchev–Trinajstić information content (AvgIpc) is 2.79. The van der Waals surface area contributed by atoms with Crippen molar-refractivity contribution >= 4 is 23.4 Å². The van der Waals surface area contributed by atoms with E-state index in [0.29, 0.717) is 23.7 Å². The lowest BCUT2D eigenvalue weighted by molar-refractivity contribution is -0.113.